The minimum absolute atomic E-state index is 0. The van der Waals surface area contributed by atoms with Crippen molar-refractivity contribution in [1.82, 2.24) is 0 Å². The molecule has 1 aromatic rings. The zero-order chi connectivity index (χ0) is 7.11. The average Bonchev–Trinajstić information content (AvgIpc) is 1.94. The van der Waals surface area contributed by atoms with Crippen LogP contribution >= 0.6 is 13.5 Å². The third-order valence-electron chi connectivity index (χ3n) is 0.843. The topological polar surface area (TPSA) is 0 Å². The van der Waals surface area contributed by atoms with Crippen LogP contribution < -0.4 is 0 Å². The summed E-state index contributed by atoms with van der Waals surface area (Å²) in [5.74, 6) is 0. The predicted octanol–water partition coefficient (Wildman–Crippen LogP) is 2.23. The highest BCUT2D eigenvalue weighted by atomic mass is 32.1. The van der Waals surface area contributed by atoms with Gasteiger partial charge in [-0.1, -0.05) is 30.3 Å². The van der Waals surface area contributed by atoms with E-state index in [-0.39, 0.29) is 13.5 Å². The Bertz CT molecular complexity index is 165. The zero-order valence-corrected chi connectivity index (χ0v) is 6.75. The van der Waals surface area contributed by atoms with Crippen molar-refractivity contribution in [1.29, 1.82) is 0 Å². The van der Waals surface area contributed by atoms with Crippen LogP contribution in [0.4, 0.5) is 0 Å². The molecule has 0 aliphatic carbocycles. The summed E-state index contributed by atoms with van der Waals surface area (Å²) >= 11 is 0. The molecule has 0 heterocycles. The molecule has 0 fully saturated rings. The lowest BCUT2D eigenvalue weighted by atomic mass is 10.2. The largest absolute Gasteiger partial charge is 0.197 e. The summed E-state index contributed by atoms with van der Waals surface area (Å²) in [5, 5.41) is 0. The minimum Gasteiger partial charge on any atom is -0.197 e. The van der Waals surface area contributed by atoms with Crippen molar-refractivity contribution >= 4 is 13.5 Å². The van der Waals surface area contributed by atoms with Crippen LogP contribution in [0.5, 0.6) is 0 Å². The summed E-state index contributed by atoms with van der Waals surface area (Å²) in [7, 11) is 0. The molecule has 0 aromatic heterocycles. The molecule has 0 spiro atoms. The smallest absolute Gasteiger partial charge is 0.0238 e. The van der Waals surface area contributed by atoms with E-state index in [1.807, 2.05) is 30.3 Å². The number of terminal acetylenes is 1. The second-order valence-corrected chi connectivity index (χ2v) is 1.49. The van der Waals surface area contributed by atoms with E-state index < -0.39 is 0 Å². The van der Waals surface area contributed by atoms with Crippen molar-refractivity contribution in [2.24, 2.45) is 0 Å². The van der Waals surface area contributed by atoms with Crippen LogP contribution in [0.25, 0.3) is 0 Å². The first-order chi connectivity index (χ1) is 4.39. The number of hydrogen-bond donors (Lipinski definition) is 0. The van der Waals surface area contributed by atoms with Crippen LogP contribution in [0, 0.1) is 19.8 Å². The van der Waals surface area contributed by atoms with E-state index >= 15 is 0 Å². The van der Waals surface area contributed by atoms with Gasteiger partial charge in [0.25, 0.3) is 0 Å². The van der Waals surface area contributed by atoms with Crippen LogP contribution in [0.1, 0.15) is 5.56 Å². The van der Waals surface area contributed by atoms with E-state index in [0.717, 1.165) is 5.56 Å². The second kappa shape index (κ2) is 8.13. The molecule has 1 aromatic carbocycles. The van der Waals surface area contributed by atoms with Gasteiger partial charge in [-0.05, 0) is 12.5 Å². The monoisotopic (exact) mass is 151 g/mol. The maximum atomic E-state index is 4.00. The minimum atomic E-state index is 0. The Hall–Kier alpha value is -0.870. The van der Waals surface area contributed by atoms with Crippen molar-refractivity contribution in [3.05, 3.63) is 42.8 Å². The maximum Gasteiger partial charge on any atom is -0.0238 e. The molecule has 0 amide bonds. The Morgan fingerprint density at radius 1 is 1.00 bits per heavy atom. The van der Waals surface area contributed by atoms with Crippen LogP contribution in [0.3, 0.4) is 0 Å². The first kappa shape index (κ1) is 11.9. The van der Waals surface area contributed by atoms with Crippen LogP contribution in [-0.2, 0) is 0 Å². The van der Waals surface area contributed by atoms with Gasteiger partial charge >= 0.3 is 0 Å². The molecule has 0 saturated heterocycles. The van der Waals surface area contributed by atoms with Crippen LogP contribution in [-0.4, -0.2) is 0 Å². The summed E-state index contributed by atoms with van der Waals surface area (Å²) in [6, 6.07) is 9.87. The predicted molar refractivity (Wildman–Crippen MR) is 51.2 cm³/mol. The lowest BCUT2D eigenvalue weighted by molar-refractivity contribution is 1.62. The Morgan fingerprint density at radius 2 is 1.40 bits per heavy atom. The van der Waals surface area contributed by atoms with Gasteiger partial charge in [-0.2, -0.15) is 13.5 Å². The number of rotatable bonds is 0. The van der Waals surface area contributed by atoms with Gasteiger partial charge in [0.2, 0.25) is 0 Å². The standard InChI is InChI=1S/C7H7.C2H2.H2S/c1-7-5-3-2-4-6-7;1-2;/h2-6H,1H2;1-2H;1H2. The van der Waals surface area contributed by atoms with Gasteiger partial charge in [0.1, 0.15) is 0 Å². The van der Waals surface area contributed by atoms with E-state index in [0.29, 0.717) is 0 Å². The van der Waals surface area contributed by atoms with E-state index in [4.69, 9.17) is 0 Å². The fourth-order valence-corrected chi connectivity index (χ4v) is 0.478. The summed E-state index contributed by atoms with van der Waals surface area (Å²) in [5.41, 5.74) is 1.07. The SMILES string of the molecule is C#C.S.[CH2]c1ccccc1. The summed E-state index contributed by atoms with van der Waals surface area (Å²) in [6.45, 7) is 3.72. The average molecular weight is 151 g/mol. The van der Waals surface area contributed by atoms with Crippen molar-refractivity contribution < 1.29 is 0 Å². The lowest BCUT2D eigenvalue weighted by Gasteiger charge is -1.82. The Balaban J connectivity index is 0. The van der Waals surface area contributed by atoms with Gasteiger partial charge in [-0.3, -0.25) is 0 Å². The molecule has 0 atom stereocenters. The first-order valence-corrected chi connectivity index (χ1v) is 2.60. The molecule has 0 aliphatic rings. The molecular weight excluding hydrogens is 140 g/mol. The molecule has 1 rings (SSSR count). The third kappa shape index (κ3) is 5.27. The highest BCUT2D eigenvalue weighted by Gasteiger charge is 1.72. The third-order valence-corrected chi connectivity index (χ3v) is 0.843. The maximum absolute atomic E-state index is 4.00. The molecule has 0 bridgehead atoms. The normalized spacial score (nSPS) is 6.30. The molecule has 0 saturated carbocycles. The Kier molecular flexibility index (Phi) is 9.65. The molecule has 53 valence electrons. The van der Waals surface area contributed by atoms with Crippen molar-refractivity contribution in [3.63, 3.8) is 0 Å². The summed E-state index contributed by atoms with van der Waals surface area (Å²) in [4.78, 5) is 0. The molecule has 0 nitrogen and oxygen atoms in total. The molecular formula is C9H11S. The zero-order valence-electron chi connectivity index (χ0n) is 5.75. The molecule has 0 unspecified atom stereocenters. The van der Waals surface area contributed by atoms with Crippen LogP contribution in [0.2, 0.25) is 0 Å². The number of benzene rings is 1. The molecule has 10 heavy (non-hydrogen) atoms. The summed E-state index contributed by atoms with van der Waals surface area (Å²) < 4.78 is 0. The Labute approximate surface area is 69.7 Å². The highest BCUT2D eigenvalue weighted by Crippen LogP contribution is 1.92. The van der Waals surface area contributed by atoms with E-state index in [2.05, 4.69) is 19.8 Å². The Morgan fingerprint density at radius 3 is 1.60 bits per heavy atom. The van der Waals surface area contributed by atoms with Crippen molar-refractivity contribution in [2.45, 2.75) is 0 Å². The van der Waals surface area contributed by atoms with E-state index in [1.165, 1.54) is 0 Å². The van der Waals surface area contributed by atoms with Gasteiger partial charge in [0, 0.05) is 0 Å². The number of hydrogen-bond acceptors (Lipinski definition) is 0. The fraction of sp³-hybridized carbons (Fsp3) is 0. The first-order valence-electron chi connectivity index (χ1n) is 2.60. The molecule has 1 radical (unpaired) electrons. The highest BCUT2D eigenvalue weighted by molar-refractivity contribution is 7.59. The van der Waals surface area contributed by atoms with Crippen molar-refractivity contribution in [3.8, 4) is 12.8 Å². The van der Waals surface area contributed by atoms with Crippen molar-refractivity contribution in [2.75, 3.05) is 0 Å². The molecule has 0 aliphatic heterocycles. The quantitative estimate of drug-likeness (QED) is 0.499. The lowest BCUT2D eigenvalue weighted by Crippen LogP contribution is -1.62. The summed E-state index contributed by atoms with van der Waals surface area (Å²) in [6.07, 6.45) is 8.00. The van der Waals surface area contributed by atoms with E-state index in [1.54, 1.807) is 0 Å². The van der Waals surface area contributed by atoms with Gasteiger partial charge in [0.15, 0.2) is 0 Å². The van der Waals surface area contributed by atoms with Gasteiger partial charge in [0.05, 0.1) is 0 Å². The fourth-order valence-electron chi connectivity index (χ4n) is 0.478. The van der Waals surface area contributed by atoms with Gasteiger partial charge < -0.3 is 0 Å². The van der Waals surface area contributed by atoms with Gasteiger partial charge in [-0.15, -0.1) is 12.8 Å². The molecule has 0 N–H and O–H groups in total. The van der Waals surface area contributed by atoms with Crippen LogP contribution in [0.15, 0.2) is 30.3 Å². The van der Waals surface area contributed by atoms with Gasteiger partial charge in [-0.25, -0.2) is 0 Å². The van der Waals surface area contributed by atoms with E-state index in [9.17, 15) is 0 Å². The second-order valence-electron chi connectivity index (χ2n) is 1.49. The molecule has 1 heteroatoms.